The summed E-state index contributed by atoms with van der Waals surface area (Å²) in [5.41, 5.74) is 2.49. The van der Waals surface area contributed by atoms with Gasteiger partial charge in [0, 0.05) is 31.2 Å². The number of hydrogen-bond acceptors (Lipinski definition) is 3. The van der Waals surface area contributed by atoms with Crippen LogP contribution in [0.25, 0.3) is 0 Å². The number of allylic oxidation sites excluding steroid dienone is 2. The minimum absolute atomic E-state index is 0.146. The molecule has 0 aromatic carbocycles. The average Bonchev–Trinajstić information content (AvgIpc) is 2.62. The molecule has 90 valence electrons. The second-order valence-electron chi connectivity index (χ2n) is 3.91. The van der Waals surface area contributed by atoms with Crippen molar-refractivity contribution in [1.29, 1.82) is 0 Å². The summed E-state index contributed by atoms with van der Waals surface area (Å²) in [6.07, 6.45) is 8.43. The van der Waals surface area contributed by atoms with Crippen molar-refractivity contribution < 1.29 is 4.79 Å². The van der Waals surface area contributed by atoms with Gasteiger partial charge in [-0.3, -0.25) is 9.78 Å². The van der Waals surface area contributed by atoms with Gasteiger partial charge >= 0.3 is 0 Å². The van der Waals surface area contributed by atoms with E-state index in [0.717, 1.165) is 11.1 Å². The number of aromatic nitrogens is 1. The van der Waals surface area contributed by atoms with Crippen molar-refractivity contribution in [2.45, 2.75) is 13.5 Å². The molecule has 1 aromatic rings. The van der Waals surface area contributed by atoms with Crippen molar-refractivity contribution in [3.63, 3.8) is 0 Å². The number of hydrogen-bond donors (Lipinski definition) is 1. The molecule has 1 amide bonds. The zero-order valence-electron chi connectivity index (χ0n) is 10.1. The third-order valence-electron chi connectivity index (χ3n) is 2.42. The van der Waals surface area contributed by atoms with Gasteiger partial charge in [0.25, 0.3) is 5.91 Å². The maximum absolute atomic E-state index is 11.9. The molecule has 0 radical (unpaired) electrons. The van der Waals surface area contributed by atoms with E-state index in [1.54, 1.807) is 24.5 Å². The molecule has 0 aliphatic carbocycles. The number of aliphatic imine (C=N–C) groups is 1. The van der Waals surface area contributed by atoms with E-state index in [0.29, 0.717) is 12.1 Å². The van der Waals surface area contributed by atoms with Crippen molar-refractivity contribution in [2.75, 3.05) is 0 Å². The molecule has 0 bridgehead atoms. The third kappa shape index (κ3) is 3.27. The Morgan fingerprint density at radius 3 is 2.94 bits per heavy atom. The molecule has 0 fully saturated rings. The van der Waals surface area contributed by atoms with Gasteiger partial charge in [0.15, 0.2) is 0 Å². The topological polar surface area (TPSA) is 54.4 Å². The van der Waals surface area contributed by atoms with Gasteiger partial charge in [-0.1, -0.05) is 0 Å². The van der Waals surface area contributed by atoms with Gasteiger partial charge in [-0.2, -0.15) is 0 Å². The third-order valence-corrected chi connectivity index (χ3v) is 2.42. The number of rotatable bonds is 3. The minimum Gasteiger partial charge on any atom is -0.348 e. The first kappa shape index (κ1) is 12.0. The monoisotopic (exact) mass is 239 g/mol. The molecular weight excluding hydrogens is 226 g/mol. The van der Waals surface area contributed by atoms with E-state index in [1.807, 2.05) is 19.1 Å². The van der Waals surface area contributed by atoms with E-state index >= 15 is 0 Å². The molecule has 0 saturated heterocycles. The normalized spacial score (nSPS) is 13.6. The van der Waals surface area contributed by atoms with Crippen LogP contribution in [0, 0.1) is 0 Å². The van der Waals surface area contributed by atoms with Gasteiger partial charge in [0.1, 0.15) is 0 Å². The van der Waals surface area contributed by atoms with Crippen LogP contribution in [0.4, 0.5) is 0 Å². The molecule has 1 N–H and O–H groups in total. The molecule has 4 heteroatoms. The fourth-order valence-electron chi connectivity index (χ4n) is 1.48. The summed E-state index contributed by atoms with van der Waals surface area (Å²) in [6.45, 7) is 2.38. The molecule has 1 aliphatic heterocycles. The van der Waals surface area contributed by atoms with Crippen molar-refractivity contribution >= 4 is 11.8 Å². The molecule has 0 spiro atoms. The summed E-state index contributed by atoms with van der Waals surface area (Å²) in [5.74, 6) is 2.58. The highest BCUT2D eigenvalue weighted by Crippen LogP contribution is 2.06. The van der Waals surface area contributed by atoms with E-state index in [9.17, 15) is 4.79 Å². The van der Waals surface area contributed by atoms with Crippen LogP contribution in [-0.4, -0.2) is 16.8 Å². The molecule has 0 unspecified atom stereocenters. The van der Waals surface area contributed by atoms with Gasteiger partial charge in [-0.25, -0.2) is 4.99 Å². The zero-order chi connectivity index (χ0) is 12.8. The van der Waals surface area contributed by atoms with Crippen LogP contribution in [0.3, 0.4) is 0 Å². The molecule has 18 heavy (non-hydrogen) atoms. The lowest BCUT2D eigenvalue weighted by atomic mass is 10.1. The lowest BCUT2D eigenvalue weighted by Gasteiger charge is -2.05. The Morgan fingerprint density at radius 1 is 1.39 bits per heavy atom. The first-order valence-electron chi connectivity index (χ1n) is 5.60. The maximum Gasteiger partial charge on any atom is 0.253 e. The average molecular weight is 239 g/mol. The molecule has 0 saturated carbocycles. The number of carbonyl (C=O) groups is 1. The highest BCUT2D eigenvalue weighted by molar-refractivity contribution is 5.96. The van der Waals surface area contributed by atoms with Crippen LogP contribution < -0.4 is 5.32 Å². The van der Waals surface area contributed by atoms with Crippen LogP contribution >= 0.6 is 0 Å². The van der Waals surface area contributed by atoms with E-state index in [4.69, 9.17) is 0 Å². The van der Waals surface area contributed by atoms with Crippen LogP contribution in [-0.2, 0) is 11.3 Å². The van der Waals surface area contributed by atoms with Crippen molar-refractivity contribution in [2.24, 2.45) is 4.99 Å². The predicted octanol–water partition coefficient (Wildman–Crippen LogP) is 1.77. The summed E-state index contributed by atoms with van der Waals surface area (Å²) in [6, 6.07) is 3.73. The van der Waals surface area contributed by atoms with Gasteiger partial charge in [0.2, 0.25) is 0 Å². The molecule has 2 rings (SSSR count). The number of amides is 1. The van der Waals surface area contributed by atoms with Crippen molar-refractivity contribution in [1.82, 2.24) is 10.3 Å². The first-order valence-corrected chi connectivity index (χ1v) is 5.60. The summed E-state index contributed by atoms with van der Waals surface area (Å²) >= 11 is 0. The Morgan fingerprint density at radius 2 is 2.17 bits per heavy atom. The van der Waals surface area contributed by atoms with Crippen LogP contribution in [0.15, 0.2) is 59.0 Å². The standard InChI is InChI=1S/C14H13N3O/c1-11-2-5-16-10-13(8-11)14(18)17-9-12-3-6-15-7-4-12/h2-4,6-8,10H,9H2,1H3,(H,17,18). The van der Waals surface area contributed by atoms with Crippen molar-refractivity contribution in [3.8, 4) is 0 Å². The predicted molar refractivity (Wildman–Crippen MR) is 69.9 cm³/mol. The van der Waals surface area contributed by atoms with E-state index in [-0.39, 0.29) is 5.91 Å². The van der Waals surface area contributed by atoms with Gasteiger partial charge < -0.3 is 5.32 Å². The second kappa shape index (κ2) is 5.75. The number of nitrogens with one attached hydrogen (secondary N) is 1. The zero-order valence-corrected chi connectivity index (χ0v) is 10.1. The molecule has 4 nitrogen and oxygen atoms in total. The Labute approximate surface area is 105 Å². The Hall–Kier alpha value is -2.45. The maximum atomic E-state index is 11.9. The second-order valence-corrected chi connectivity index (χ2v) is 3.91. The summed E-state index contributed by atoms with van der Waals surface area (Å²) in [4.78, 5) is 19.7. The highest BCUT2D eigenvalue weighted by atomic mass is 16.1. The van der Waals surface area contributed by atoms with E-state index < -0.39 is 0 Å². The van der Waals surface area contributed by atoms with Gasteiger partial charge in [-0.15, -0.1) is 0 Å². The van der Waals surface area contributed by atoms with Gasteiger partial charge in [-0.05, 0) is 42.1 Å². The van der Waals surface area contributed by atoms with Crippen molar-refractivity contribution in [3.05, 3.63) is 59.6 Å². The first-order chi connectivity index (χ1) is 8.75. The smallest absolute Gasteiger partial charge is 0.253 e. The molecule has 1 aromatic heterocycles. The number of nitrogens with zero attached hydrogens (tertiary/aromatic N) is 2. The fourth-order valence-corrected chi connectivity index (χ4v) is 1.48. The molecule has 1 aliphatic rings. The largest absolute Gasteiger partial charge is 0.348 e. The SMILES string of the molecule is CC1=CC(C(=O)NCc2ccncc2)=CN=C=C1. The summed E-state index contributed by atoms with van der Waals surface area (Å²) in [7, 11) is 0. The number of pyridine rings is 1. The van der Waals surface area contributed by atoms with E-state index in [2.05, 4.69) is 21.2 Å². The molecule has 2 heterocycles. The van der Waals surface area contributed by atoms with Crippen LogP contribution in [0.1, 0.15) is 12.5 Å². The Bertz CT molecular complexity index is 564. The quantitative estimate of drug-likeness (QED) is 0.874. The number of carbonyl (C=O) groups excluding carboxylic acids is 1. The fraction of sp³-hybridized carbons (Fsp3) is 0.143. The van der Waals surface area contributed by atoms with E-state index in [1.165, 1.54) is 6.20 Å². The lowest BCUT2D eigenvalue weighted by Crippen LogP contribution is -2.23. The highest BCUT2D eigenvalue weighted by Gasteiger charge is 2.07. The summed E-state index contributed by atoms with van der Waals surface area (Å²) < 4.78 is 0. The minimum atomic E-state index is -0.146. The van der Waals surface area contributed by atoms with Crippen LogP contribution in [0.5, 0.6) is 0 Å². The molecule has 0 atom stereocenters. The molecular formula is C14H13N3O. The van der Waals surface area contributed by atoms with Crippen LogP contribution in [0.2, 0.25) is 0 Å². The Balaban J connectivity index is 1.99. The Kier molecular flexibility index (Phi) is 3.84. The lowest BCUT2D eigenvalue weighted by molar-refractivity contribution is -0.117. The summed E-state index contributed by atoms with van der Waals surface area (Å²) in [5, 5.41) is 2.84. The van der Waals surface area contributed by atoms with Gasteiger partial charge in [0.05, 0.1) is 5.57 Å².